The number of benzene rings is 1. The highest BCUT2D eigenvalue weighted by Gasteiger charge is 2.23. The Balaban J connectivity index is 1.88. The molecule has 5 nitrogen and oxygen atoms in total. The Bertz CT molecular complexity index is 1210. The topological polar surface area (TPSA) is 55.1 Å². The number of aryl methyl sites for hydroxylation is 2. The minimum atomic E-state index is 0.0414. The van der Waals surface area contributed by atoms with Gasteiger partial charge in [0.2, 0.25) is 10.5 Å². The number of aromatic nitrogens is 4. The fourth-order valence-electron chi connectivity index (χ4n) is 3.72. The molecule has 1 aromatic carbocycles. The molecule has 5 rings (SSSR count). The molecule has 0 radical (unpaired) electrons. The van der Waals surface area contributed by atoms with Gasteiger partial charge in [-0.3, -0.25) is 9.36 Å². The lowest BCUT2D eigenvalue weighted by Crippen LogP contribution is -2.24. The second-order valence-electron chi connectivity index (χ2n) is 6.43. The zero-order chi connectivity index (χ0) is 17.0. The number of aromatic amines is 1. The molecule has 1 aliphatic carbocycles. The minimum Gasteiger partial charge on any atom is -0.272 e. The number of fused-ring (bicyclic) bond motifs is 5. The smallest absolute Gasteiger partial charge is 0.264 e. The molecule has 25 heavy (non-hydrogen) atoms. The summed E-state index contributed by atoms with van der Waals surface area (Å²) in [6.07, 6.45) is 4.37. The molecule has 4 aromatic rings. The van der Waals surface area contributed by atoms with E-state index in [1.54, 1.807) is 15.9 Å². The van der Waals surface area contributed by atoms with Crippen LogP contribution in [0, 0.1) is 4.77 Å². The van der Waals surface area contributed by atoms with Crippen LogP contribution in [0.4, 0.5) is 0 Å². The maximum atomic E-state index is 13.4. The second-order valence-corrected chi connectivity index (χ2v) is 7.90. The SMILES string of the molecule is O=c1c2c3c(sc2n2c(=S)[nH]nc2n1Cc1ccccc1)CCCC3. The van der Waals surface area contributed by atoms with Gasteiger partial charge < -0.3 is 0 Å². The van der Waals surface area contributed by atoms with Gasteiger partial charge in [0, 0.05) is 4.88 Å². The van der Waals surface area contributed by atoms with Crippen LogP contribution in [-0.2, 0) is 19.4 Å². The summed E-state index contributed by atoms with van der Waals surface area (Å²) < 4.78 is 4.21. The van der Waals surface area contributed by atoms with Crippen molar-refractivity contribution in [3.63, 3.8) is 0 Å². The van der Waals surface area contributed by atoms with Gasteiger partial charge in [0.25, 0.3) is 5.56 Å². The van der Waals surface area contributed by atoms with Crippen LogP contribution in [0.25, 0.3) is 16.0 Å². The average molecular weight is 368 g/mol. The van der Waals surface area contributed by atoms with E-state index in [0.29, 0.717) is 17.1 Å². The highest BCUT2D eigenvalue weighted by molar-refractivity contribution is 7.71. The summed E-state index contributed by atoms with van der Waals surface area (Å²) in [5.41, 5.74) is 2.34. The van der Waals surface area contributed by atoms with Crippen molar-refractivity contribution < 1.29 is 0 Å². The summed E-state index contributed by atoms with van der Waals surface area (Å²) in [4.78, 5) is 15.6. The molecule has 0 fully saturated rings. The van der Waals surface area contributed by atoms with Gasteiger partial charge in [0.05, 0.1) is 11.9 Å². The minimum absolute atomic E-state index is 0.0414. The molecule has 0 atom stereocenters. The van der Waals surface area contributed by atoms with Crippen molar-refractivity contribution in [3.05, 3.63) is 61.5 Å². The number of thiophene rings is 1. The Morgan fingerprint density at radius 1 is 1.20 bits per heavy atom. The molecular formula is C18H16N4OS2. The molecule has 3 aromatic heterocycles. The standard InChI is InChI=1S/C18H16N4OS2/c23-15-14-12-8-4-5-9-13(12)25-16(14)22-17(19-20-18(22)24)21(15)10-11-6-2-1-3-7-11/h1-3,6-7H,4-5,8-10H2,(H,20,24). The number of H-pyrrole nitrogens is 1. The second kappa shape index (κ2) is 5.64. The molecule has 1 aliphatic rings. The number of rotatable bonds is 2. The maximum absolute atomic E-state index is 13.4. The van der Waals surface area contributed by atoms with Crippen molar-refractivity contribution in [2.75, 3.05) is 0 Å². The normalized spacial score (nSPS) is 14.2. The molecule has 1 N–H and O–H groups in total. The van der Waals surface area contributed by atoms with Crippen LogP contribution in [0.2, 0.25) is 0 Å². The lowest BCUT2D eigenvalue weighted by atomic mass is 9.97. The van der Waals surface area contributed by atoms with E-state index in [4.69, 9.17) is 12.2 Å². The van der Waals surface area contributed by atoms with Gasteiger partial charge in [-0.05, 0) is 49.0 Å². The van der Waals surface area contributed by atoms with E-state index in [-0.39, 0.29) is 5.56 Å². The summed E-state index contributed by atoms with van der Waals surface area (Å²) in [5.74, 6) is 0.588. The van der Waals surface area contributed by atoms with E-state index in [1.165, 1.54) is 16.9 Å². The Labute approximate surface area is 152 Å². The quantitative estimate of drug-likeness (QED) is 0.549. The zero-order valence-electron chi connectivity index (χ0n) is 13.5. The molecule has 126 valence electrons. The highest BCUT2D eigenvalue weighted by Crippen LogP contribution is 2.35. The summed E-state index contributed by atoms with van der Waals surface area (Å²) in [7, 11) is 0. The first-order valence-electron chi connectivity index (χ1n) is 8.42. The van der Waals surface area contributed by atoms with Crippen LogP contribution < -0.4 is 5.56 Å². The first-order chi connectivity index (χ1) is 12.2. The summed E-state index contributed by atoms with van der Waals surface area (Å²) in [6.45, 7) is 0.489. The Morgan fingerprint density at radius 3 is 2.84 bits per heavy atom. The van der Waals surface area contributed by atoms with E-state index < -0.39 is 0 Å². The lowest BCUT2D eigenvalue weighted by molar-refractivity contribution is 0.698. The summed E-state index contributed by atoms with van der Waals surface area (Å²) in [5, 5.41) is 8.05. The molecule has 0 bridgehead atoms. The van der Waals surface area contributed by atoms with Crippen molar-refractivity contribution in [2.45, 2.75) is 32.2 Å². The fourth-order valence-corrected chi connectivity index (χ4v) is 5.38. The largest absolute Gasteiger partial charge is 0.272 e. The molecule has 0 spiro atoms. The van der Waals surface area contributed by atoms with Crippen molar-refractivity contribution >= 4 is 39.5 Å². The zero-order valence-corrected chi connectivity index (χ0v) is 15.1. The van der Waals surface area contributed by atoms with Crippen LogP contribution in [0.3, 0.4) is 0 Å². The van der Waals surface area contributed by atoms with Crippen LogP contribution >= 0.6 is 23.6 Å². The lowest BCUT2D eigenvalue weighted by Gasteiger charge is -2.11. The van der Waals surface area contributed by atoms with Gasteiger partial charge in [-0.15, -0.1) is 16.4 Å². The molecular weight excluding hydrogens is 352 g/mol. The van der Waals surface area contributed by atoms with Gasteiger partial charge in [0.1, 0.15) is 4.83 Å². The van der Waals surface area contributed by atoms with Crippen LogP contribution in [0.5, 0.6) is 0 Å². The van der Waals surface area contributed by atoms with Crippen molar-refractivity contribution in [2.24, 2.45) is 0 Å². The Kier molecular flexibility index (Phi) is 3.39. The van der Waals surface area contributed by atoms with Crippen molar-refractivity contribution in [1.82, 2.24) is 19.2 Å². The third-order valence-electron chi connectivity index (χ3n) is 4.89. The molecule has 0 amide bonds. The van der Waals surface area contributed by atoms with E-state index in [2.05, 4.69) is 10.2 Å². The number of hydrogen-bond acceptors (Lipinski definition) is 4. The Morgan fingerprint density at radius 2 is 2.00 bits per heavy atom. The van der Waals surface area contributed by atoms with Gasteiger partial charge in [-0.1, -0.05) is 30.3 Å². The Hall–Kier alpha value is -2.25. The summed E-state index contributed by atoms with van der Waals surface area (Å²) >= 11 is 7.16. The van der Waals surface area contributed by atoms with E-state index in [0.717, 1.165) is 35.0 Å². The first kappa shape index (κ1) is 15.0. The fraction of sp³-hybridized carbons (Fsp3) is 0.278. The molecule has 0 saturated carbocycles. The van der Waals surface area contributed by atoms with Crippen molar-refractivity contribution in [3.8, 4) is 0 Å². The highest BCUT2D eigenvalue weighted by atomic mass is 32.1. The molecule has 0 saturated heterocycles. The van der Waals surface area contributed by atoms with Gasteiger partial charge in [0.15, 0.2) is 0 Å². The predicted octanol–water partition coefficient (Wildman–Crippen LogP) is 3.70. The van der Waals surface area contributed by atoms with Crippen LogP contribution in [0.15, 0.2) is 35.1 Å². The van der Waals surface area contributed by atoms with E-state index >= 15 is 0 Å². The molecule has 0 unspecified atom stereocenters. The average Bonchev–Trinajstić information content (AvgIpc) is 3.20. The third-order valence-corrected chi connectivity index (χ3v) is 6.45. The van der Waals surface area contributed by atoms with Gasteiger partial charge in [-0.25, -0.2) is 9.50 Å². The monoisotopic (exact) mass is 368 g/mol. The molecule has 7 heteroatoms. The predicted molar refractivity (Wildman–Crippen MR) is 102 cm³/mol. The third kappa shape index (κ3) is 2.22. The molecule has 0 aliphatic heterocycles. The first-order valence-corrected chi connectivity index (χ1v) is 9.64. The number of hydrogen-bond donors (Lipinski definition) is 1. The number of nitrogens with zero attached hydrogens (tertiary/aromatic N) is 3. The number of nitrogens with one attached hydrogen (secondary N) is 1. The van der Waals surface area contributed by atoms with Crippen LogP contribution in [-0.4, -0.2) is 19.2 Å². The van der Waals surface area contributed by atoms with Gasteiger partial charge in [-0.2, -0.15) is 0 Å². The van der Waals surface area contributed by atoms with Crippen molar-refractivity contribution in [1.29, 1.82) is 0 Å². The van der Waals surface area contributed by atoms with E-state index in [9.17, 15) is 4.79 Å². The molecule has 3 heterocycles. The van der Waals surface area contributed by atoms with Crippen LogP contribution in [0.1, 0.15) is 28.8 Å². The van der Waals surface area contributed by atoms with Gasteiger partial charge >= 0.3 is 0 Å². The van der Waals surface area contributed by atoms with E-state index in [1.807, 2.05) is 34.7 Å². The summed E-state index contributed by atoms with van der Waals surface area (Å²) in [6, 6.07) is 10.00. The maximum Gasteiger partial charge on any atom is 0.264 e.